The van der Waals surface area contributed by atoms with E-state index < -0.39 is 0 Å². The predicted molar refractivity (Wildman–Crippen MR) is 87.1 cm³/mol. The van der Waals surface area contributed by atoms with Crippen LogP contribution in [0.15, 0.2) is 0 Å². The van der Waals surface area contributed by atoms with E-state index in [1.54, 1.807) is 0 Å². The largest absolute Gasteiger partial charge is 0.324 e. The zero-order valence-electron chi connectivity index (χ0n) is 14.5. The molecule has 4 heteroatoms. The first kappa shape index (κ1) is 16.8. The summed E-state index contributed by atoms with van der Waals surface area (Å²) in [5.41, 5.74) is -0.366. The molecule has 2 rings (SSSR count). The Balaban J connectivity index is 2.11. The second kappa shape index (κ2) is 6.66. The molecule has 0 aliphatic carbocycles. The van der Waals surface area contributed by atoms with Crippen molar-refractivity contribution in [3.63, 3.8) is 0 Å². The maximum atomic E-state index is 12.9. The van der Waals surface area contributed by atoms with Crippen LogP contribution in [0.5, 0.6) is 0 Å². The Morgan fingerprint density at radius 2 is 2.10 bits per heavy atom. The van der Waals surface area contributed by atoms with Crippen molar-refractivity contribution in [3.05, 3.63) is 0 Å². The van der Waals surface area contributed by atoms with Gasteiger partial charge in [0.2, 0.25) is 5.91 Å². The van der Waals surface area contributed by atoms with Gasteiger partial charge in [-0.25, -0.2) is 0 Å². The molecular formula is C17H33N3O. The molecule has 122 valence electrons. The maximum Gasteiger partial charge on any atom is 0.243 e. The molecular weight excluding hydrogens is 262 g/mol. The van der Waals surface area contributed by atoms with Crippen LogP contribution in [0.4, 0.5) is 0 Å². The van der Waals surface area contributed by atoms with E-state index in [2.05, 4.69) is 49.7 Å². The molecule has 2 heterocycles. The van der Waals surface area contributed by atoms with E-state index in [1.807, 2.05) is 0 Å². The van der Waals surface area contributed by atoms with Gasteiger partial charge in [-0.05, 0) is 51.6 Å². The highest BCUT2D eigenvalue weighted by molar-refractivity contribution is 5.88. The van der Waals surface area contributed by atoms with Crippen LogP contribution in [0.25, 0.3) is 0 Å². The number of amides is 1. The Kier molecular flexibility index (Phi) is 5.31. The molecule has 3 unspecified atom stereocenters. The lowest BCUT2D eigenvalue weighted by atomic mass is 9.99. The summed E-state index contributed by atoms with van der Waals surface area (Å²) in [4.78, 5) is 17.5. The molecule has 0 bridgehead atoms. The molecule has 2 fully saturated rings. The summed E-state index contributed by atoms with van der Waals surface area (Å²) >= 11 is 0. The van der Waals surface area contributed by atoms with Crippen LogP contribution >= 0.6 is 0 Å². The van der Waals surface area contributed by atoms with Crippen LogP contribution < -0.4 is 5.32 Å². The van der Waals surface area contributed by atoms with E-state index in [0.717, 1.165) is 25.9 Å². The van der Waals surface area contributed by atoms with Crippen molar-refractivity contribution >= 4 is 5.91 Å². The number of nitrogens with zero attached hydrogens (tertiary/aromatic N) is 2. The van der Waals surface area contributed by atoms with Crippen molar-refractivity contribution in [2.24, 2.45) is 5.92 Å². The number of carbonyl (C=O) groups is 1. The highest BCUT2D eigenvalue weighted by Crippen LogP contribution is 2.29. The Labute approximate surface area is 130 Å². The zero-order chi connectivity index (χ0) is 15.6. The molecule has 0 aromatic heterocycles. The number of hydrogen-bond donors (Lipinski definition) is 1. The SMILES string of the molecule is CCN1CCCC1CN1C(=O)C(C)(CC)NC1CC(C)C. The van der Waals surface area contributed by atoms with Crippen molar-refractivity contribution in [1.82, 2.24) is 15.1 Å². The summed E-state index contributed by atoms with van der Waals surface area (Å²) in [6.45, 7) is 14.1. The van der Waals surface area contributed by atoms with Gasteiger partial charge in [-0.2, -0.15) is 0 Å². The molecule has 3 atom stereocenters. The molecule has 1 amide bonds. The first-order chi connectivity index (χ1) is 9.91. The van der Waals surface area contributed by atoms with Gasteiger partial charge in [0.1, 0.15) is 0 Å². The van der Waals surface area contributed by atoms with Crippen molar-refractivity contribution in [3.8, 4) is 0 Å². The van der Waals surface area contributed by atoms with Crippen molar-refractivity contribution in [1.29, 1.82) is 0 Å². The van der Waals surface area contributed by atoms with Crippen LogP contribution in [-0.4, -0.2) is 53.1 Å². The van der Waals surface area contributed by atoms with Crippen molar-refractivity contribution < 1.29 is 4.79 Å². The molecule has 0 radical (unpaired) electrons. The van der Waals surface area contributed by atoms with Gasteiger partial charge < -0.3 is 4.90 Å². The average molecular weight is 295 g/mol. The van der Waals surface area contributed by atoms with E-state index in [1.165, 1.54) is 19.4 Å². The third kappa shape index (κ3) is 3.42. The van der Waals surface area contributed by atoms with Gasteiger partial charge >= 0.3 is 0 Å². The predicted octanol–water partition coefficient (Wildman–Crippen LogP) is 2.44. The van der Waals surface area contributed by atoms with Gasteiger partial charge in [-0.1, -0.05) is 27.7 Å². The molecule has 0 spiro atoms. The summed E-state index contributed by atoms with van der Waals surface area (Å²) in [7, 11) is 0. The molecule has 0 aromatic carbocycles. The second-order valence-corrected chi connectivity index (χ2v) is 7.36. The Morgan fingerprint density at radius 3 is 2.67 bits per heavy atom. The van der Waals surface area contributed by atoms with Crippen LogP contribution in [0.3, 0.4) is 0 Å². The fourth-order valence-electron chi connectivity index (χ4n) is 3.81. The first-order valence-corrected chi connectivity index (χ1v) is 8.74. The maximum absolute atomic E-state index is 12.9. The molecule has 2 aliphatic heterocycles. The van der Waals surface area contributed by atoms with E-state index in [-0.39, 0.29) is 11.7 Å². The molecule has 4 nitrogen and oxygen atoms in total. The fourth-order valence-corrected chi connectivity index (χ4v) is 3.81. The minimum absolute atomic E-state index is 0.210. The molecule has 2 aliphatic rings. The number of hydrogen-bond acceptors (Lipinski definition) is 3. The lowest BCUT2D eigenvalue weighted by Crippen LogP contribution is -2.46. The molecule has 0 saturated carbocycles. The number of carbonyl (C=O) groups excluding carboxylic acids is 1. The highest BCUT2D eigenvalue weighted by atomic mass is 16.2. The van der Waals surface area contributed by atoms with E-state index in [0.29, 0.717) is 17.9 Å². The third-order valence-corrected chi connectivity index (χ3v) is 5.31. The molecule has 1 N–H and O–H groups in total. The lowest BCUT2D eigenvalue weighted by molar-refractivity contribution is -0.133. The van der Waals surface area contributed by atoms with Crippen LogP contribution in [0.1, 0.15) is 60.3 Å². The highest BCUT2D eigenvalue weighted by Gasteiger charge is 2.47. The van der Waals surface area contributed by atoms with Crippen molar-refractivity contribution in [2.45, 2.75) is 78.0 Å². The van der Waals surface area contributed by atoms with Crippen LogP contribution in [0, 0.1) is 5.92 Å². The number of likely N-dealkylation sites (tertiary alicyclic amines) is 1. The summed E-state index contributed by atoms with van der Waals surface area (Å²) in [6.07, 6.45) is 4.61. The van der Waals surface area contributed by atoms with Crippen molar-refractivity contribution in [2.75, 3.05) is 19.6 Å². The number of rotatable bonds is 6. The molecule has 21 heavy (non-hydrogen) atoms. The topological polar surface area (TPSA) is 35.6 Å². The minimum Gasteiger partial charge on any atom is -0.324 e. The summed E-state index contributed by atoms with van der Waals surface area (Å²) in [5.74, 6) is 0.904. The summed E-state index contributed by atoms with van der Waals surface area (Å²) < 4.78 is 0. The molecule has 0 aromatic rings. The van der Waals surface area contributed by atoms with Gasteiger partial charge in [0.15, 0.2) is 0 Å². The Morgan fingerprint density at radius 1 is 1.38 bits per heavy atom. The van der Waals surface area contributed by atoms with Gasteiger partial charge in [0.05, 0.1) is 11.7 Å². The first-order valence-electron chi connectivity index (χ1n) is 8.74. The van der Waals surface area contributed by atoms with Crippen LogP contribution in [0.2, 0.25) is 0 Å². The quantitative estimate of drug-likeness (QED) is 0.817. The molecule has 2 saturated heterocycles. The number of likely N-dealkylation sites (N-methyl/N-ethyl adjacent to an activating group) is 1. The normalized spacial score (nSPS) is 34.4. The van der Waals surface area contributed by atoms with E-state index in [9.17, 15) is 4.79 Å². The summed E-state index contributed by atoms with van der Waals surface area (Å²) in [5, 5.41) is 3.61. The summed E-state index contributed by atoms with van der Waals surface area (Å²) in [6, 6.07) is 0.551. The van der Waals surface area contributed by atoms with Gasteiger partial charge in [-0.15, -0.1) is 0 Å². The fraction of sp³-hybridized carbons (Fsp3) is 0.941. The van der Waals surface area contributed by atoms with Crippen LogP contribution in [-0.2, 0) is 4.79 Å². The zero-order valence-corrected chi connectivity index (χ0v) is 14.5. The Bertz CT molecular complexity index is 371. The monoisotopic (exact) mass is 295 g/mol. The van der Waals surface area contributed by atoms with Gasteiger partial charge in [0.25, 0.3) is 0 Å². The minimum atomic E-state index is -0.366. The van der Waals surface area contributed by atoms with E-state index in [4.69, 9.17) is 0 Å². The lowest BCUT2D eigenvalue weighted by Gasteiger charge is -2.31. The Hall–Kier alpha value is -0.610. The second-order valence-electron chi connectivity index (χ2n) is 7.36. The van der Waals surface area contributed by atoms with E-state index >= 15 is 0 Å². The third-order valence-electron chi connectivity index (χ3n) is 5.31. The standard InChI is InChI=1S/C17H33N3O/c1-6-17(5)16(21)20(15(18-17)11-13(3)4)12-14-9-8-10-19(14)7-2/h13-15,18H,6-12H2,1-5H3. The number of nitrogens with one attached hydrogen (secondary N) is 1. The average Bonchev–Trinajstić information content (AvgIpc) is 2.97. The smallest absolute Gasteiger partial charge is 0.243 e. The van der Waals surface area contributed by atoms with Gasteiger partial charge in [-0.3, -0.25) is 15.0 Å². The van der Waals surface area contributed by atoms with Gasteiger partial charge in [0, 0.05) is 12.6 Å².